The maximum atomic E-state index is 13.5. The number of rotatable bonds is 3. The first kappa shape index (κ1) is 13.2. The minimum atomic E-state index is -1.27. The van der Waals surface area contributed by atoms with Crippen LogP contribution in [0.2, 0.25) is 0 Å². The number of anilines is 1. The van der Waals surface area contributed by atoms with Crippen LogP contribution in [0.5, 0.6) is 0 Å². The average Bonchev–Trinajstić information content (AvgIpc) is 2.13. The van der Waals surface area contributed by atoms with Crippen LogP contribution in [0.25, 0.3) is 0 Å². The molecule has 2 nitrogen and oxygen atoms in total. The molecule has 0 aliphatic carbocycles. The Labute approximate surface area is 98.7 Å². The minimum Gasteiger partial charge on any atom is -0.384 e. The smallest absolute Gasteiger partial charge is 0.141 e. The third kappa shape index (κ3) is 3.93. The summed E-state index contributed by atoms with van der Waals surface area (Å²) in [4.78, 5) is 0.251. The summed E-state index contributed by atoms with van der Waals surface area (Å²) in [5.41, 5.74) is 0.865. The first-order valence-corrected chi connectivity index (χ1v) is 6.72. The molecule has 1 N–H and O–H groups in total. The summed E-state index contributed by atoms with van der Waals surface area (Å²) in [5.74, 6) is -0.417. The summed E-state index contributed by atoms with van der Waals surface area (Å²) >= 11 is 0. The third-order valence-electron chi connectivity index (χ3n) is 2.06. The predicted molar refractivity (Wildman–Crippen MR) is 66.7 cm³/mol. The fourth-order valence-electron chi connectivity index (χ4n) is 1.21. The minimum absolute atomic E-state index is 0.142. The summed E-state index contributed by atoms with van der Waals surface area (Å²) < 4.78 is 24.6. The van der Waals surface area contributed by atoms with Crippen molar-refractivity contribution in [3.8, 4) is 0 Å². The molecule has 0 fully saturated rings. The monoisotopic (exact) mass is 243 g/mol. The highest BCUT2D eigenvalue weighted by atomic mass is 32.2. The fourth-order valence-corrected chi connectivity index (χ4v) is 1.80. The lowest BCUT2D eigenvalue weighted by Gasteiger charge is -2.19. The van der Waals surface area contributed by atoms with Crippen LogP contribution in [0.15, 0.2) is 23.1 Å². The van der Waals surface area contributed by atoms with Gasteiger partial charge in [0.1, 0.15) is 5.82 Å². The van der Waals surface area contributed by atoms with Crippen LogP contribution in [0.1, 0.15) is 20.8 Å². The number of hydrogen-bond acceptors (Lipinski definition) is 2. The molecular weight excluding hydrogens is 225 g/mol. The van der Waals surface area contributed by atoms with Crippen molar-refractivity contribution >= 4 is 16.5 Å². The fraction of sp³-hybridized carbons (Fsp3) is 0.500. The quantitative estimate of drug-likeness (QED) is 0.884. The molecule has 1 atom stereocenters. The topological polar surface area (TPSA) is 29.1 Å². The van der Waals surface area contributed by atoms with E-state index in [9.17, 15) is 8.60 Å². The SMILES string of the molecule is C[S@](=O)c1ccc(NCC(C)(C)C)cc1F. The summed E-state index contributed by atoms with van der Waals surface area (Å²) in [6.45, 7) is 7.07. The molecule has 0 spiro atoms. The van der Waals surface area contributed by atoms with E-state index >= 15 is 0 Å². The highest BCUT2D eigenvalue weighted by Gasteiger charge is 2.11. The van der Waals surface area contributed by atoms with Crippen molar-refractivity contribution in [3.63, 3.8) is 0 Å². The van der Waals surface area contributed by atoms with Gasteiger partial charge in [0.05, 0.1) is 15.7 Å². The molecule has 0 heterocycles. The maximum absolute atomic E-state index is 13.5. The van der Waals surface area contributed by atoms with E-state index in [2.05, 4.69) is 26.1 Å². The van der Waals surface area contributed by atoms with Crippen LogP contribution in [0, 0.1) is 11.2 Å². The number of nitrogens with one attached hydrogen (secondary N) is 1. The van der Waals surface area contributed by atoms with Gasteiger partial charge in [0.2, 0.25) is 0 Å². The van der Waals surface area contributed by atoms with Gasteiger partial charge in [-0.15, -0.1) is 0 Å². The van der Waals surface area contributed by atoms with Crippen LogP contribution >= 0.6 is 0 Å². The zero-order valence-electron chi connectivity index (χ0n) is 10.1. The Balaban J connectivity index is 2.78. The predicted octanol–water partition coefficient (Wildman–Crippen LogP) is 3.02. The Morgan fingerprint density at radius 1 is 1.38 bits per heavy atom. The second-order valence-corrected chi connectivity index (χ2v) is 6.36. The van der Waals surface area contributed by atoms with Crippen molar-refractivity contribution in [2.75, 3.05) is 18.1 Å². The highest BCUT2D eigenvalue weighted by molar-refractivity contribution is 7.84. The van der Waals surface area contributed by atoms with Crippen molar-refractivity contribution < 1.29 is 8.60 Å². The number of benzene rings is 1. The van der Waals surface area contributed by atoms with E-state index < -0.39 is 16.6 Å². The molecule has 0 amide bonds. The van der Waals surface area contributed by atoms with Crippen molar-refractivity contribution in [2.24, 2.45) is 5.41 Å². The van der Waals surface area contributed by atoms with Gasteiger partial charge in [-0.05, 0) is 23.6 Å². The van der Waals surface area contributed by atoms with Gasteiger partial charge in [0.25, 0.3) is 0 Å². The van der Waals surface area contributed by atoms with Crippen LogP contribution < -0.4 is 5.32 Å². The number of halogens is 1. The Bertz CT molecular complexity index is 398. The Hall–Kier alpha value is -0.900. The van der Waals surface area contributed by atoms with E-state index in [4.69, 9.17) is 0 Å². The zero-order chi connectivity index (χ0) is 12.3. The Morgan fingerprint density at radius 2 is 2.00 bits per heavy atom. The maximum Gasteiger partial charge on any atom is 0.141 e. The lowest BCUT2D eigenvalue weighted by molar-refractivity contribution is 0.443. The average molecular weight is 243 g/mol. The second-order valence-electron chi connectivity index (χ2n) is 5.01. The van der Waals surface area contributed by atoms with Crippen LogP contribution in [-0.4, -0.2) is 17.0 Å². The van der Waals surface area contributed by atoms with E-state index in [0.717, 1.165) is 12.2 Å². The van der Waals surface area contributed by atoms with Gasteiger partial charge in [0.15, 0.2) is 0 Å². The summed E-state index contributed by atoms with van der Waals surface area (Å²) in [6, 6.07) is 4.71. The normalized spacial score (nSPS) is 13.6. The molecule has 0 aliphatic heterocycles. The van der Waals surface area contributed by atoms with E-state index in [1.165, 1.54) is 12.3 Å². The lowest BCUT2D eigenvalue weighted by atomic mass is 9.97. The molecule has 0 bridgehead atoms. The van der Waals surface area contributed by atoms with Crippen LogP contribution in [0.3, 0.4) is 0 Å². The van der Waals surface area contributed by atoms with Gasteiger partial charge in [-0.25, -0.2) is 4.39 Å². The van der Waals surface area contributed by atoms with Gasteiger partial charge in [0, 0.05) is 18.5 Å². The molecular formula is C12H18FNOS. The molecule has 4 heteroatoms. The molecule has 16 heavy (non-hydrogen) atoms. The highest BCUT2D eigenvalue weighted by Crippen LogP contribution is 2.19. The molecule has 0 aliphatic rings. The van der Waals surface area contributed by atoms with Crippen molar-refractivity contribution in [1.82, 2.24) is 0 Å². The largest absolute Gasteiger partial charge is 0.384 e. The van der Waals surface area contributed by atoms with E-state index in [0.29, 0.717) is 0 Å². The molecule has 1 rings (SSSR count). The van der Waals surface area contributed by atoms with Gasteiger partial charge >= 0.3 is 0 Å². The molecule has 0 radical (unpaired) electrons. The van der Waals surface area contributed by atoms with Crippen LogP contribution in [0.4, 0.5) is 10.1 Å². The third-order valence-corrected chi connectivity index (χ3v) is 3.01. The summed E-state index contributed by atoms with van der Waals surface area (Å²) in [6.07, 6.45) is 1.47. The van der Waals surface area contributed by atoms with Crippen molar-refractivity contribution in [3.05, 3.63) is 24.0 Å². The first-order chi connectivity index (χ1) is 7.29. The van der Waals surface area contributed by atoms with Gasteiger partial charge in [-0.3, -0.25) is 4.21 Å². The lowest BCUT2D eigenvalue weighted by Crippen LogP contribution is -2.19. The van der Waals surface area contributed by atoms with E-state index in [-0.39, 0.29) is 10.3 Å². The second kappa shape index (κ2) is 4.95. The molecule has 90 valence electrons. The molecule has 0 saturated heterocycles. The molecule has 0 saturated carbocycles. The zero-order valence-corrected chi connectivity index (χ0v) is 11.0. The standard InChI is InChI=1S/C12H18FNOS/c1-12(2,3)8-14-9-5-6-11(16(4)15)10(13)7-9/h5-7,14H,8H2,1-4H3/t16-/m0/s1. The summed E-state index contributed by atoms with van der Waals surface area (Å²) in [5, 5.41) is 3.15. The van der Waals surface area contributed by atoms with E-state index in [1.54, 1.807) is 12.1 Å². The molecule has 1 aromatic carbocycles. The summed E-state index contributed by atoms with van der Waals surface area (Å²) in [7, 11) is -1.27. The first-order valence-electron chi connectivity index (χ1n) is 5.16. The number of hydrogen-bond donors (Lipinski definition) is 1. The van der Waals surface area contributed by atoms with Gasteiger partial charge in [-0.1, -0.05) is 20.8 Å². The van der Waals surface area contributed by atoms with Crippen molar-refractivity contribution in [2.45, 2.75) is 25.7 Å². The Kier molecular flexibility index (Phi) is 4.08. The van der Waals surface area contributed by atoms with Crippen molar-refractivity contribution in [1.29, 1.82) is 0 Å². The molecule has 0 aromatic heterocycles. The molecule has 0 unspecified atom stereocenters. The van der Waals surface area contributed by atoms with Gasteiger partial charge in [-0.2, -0.15) is 0 Å². The van der Waals surface area contributed by atoms with Gasteiger partial charge < -0.3 is 5.32 Å². The molecule has 1 aromatic rings. The van der Waals surface area contributed by atoms with Crippen LogP contribution in [-0.2, 0) is 10.8 Å². The van der Waals surface area contributed by atoms with E-state index in [1.807, 2.05) is 0 Å². The Morgan fingerprint density at radius 3 is 2.44 bits per heavy atom.